The molecule has 0 radical (unpaired) electrons. The molecule has 7 heteroatoms. The number of carbonyl (C=O) groups excluding carboxylic acids is 1. The van der Waals surface area contributed by atoms with E-state index in [9.17, 15) is 9.18 Å². The number of carbonyl (C=O) groups is 1. The molecule has 0 unspecified atom stereocenters. The number of nitrogens with two attached hydrogens (primary N) is 1. The normalized spacial score (nSPS) is 19.9. The third-order valence-corrected chi connectivity index (χ3v) is 5.22. The maximum atomic E-state index is 13.5. The third-order valence-electron chi connectivity index (χ3n) is 5.22. The molecular formula is C19H27FN4O2. The van der Waals surface area contributed by atoms with E-state index in [4.69, 9.17) is 10.5 Å². The minimum atomic E-state index is -0.252. The molecule has 1 aromatic rings. The summed E-state index contributed by atoms with van der Waals surface area (Å²) in [5, 5.41) is 3.25. The number of hydrogen-bond donors (Lipinski definition) is 2. The molecule has 3 rings (SSSR count). The Morgan fingerprint density at radius 1 is 1.42 bits per heavy atom. The van der Waals surface area contributed by atoms with Gasteiger partial charge in [0.25, 0.3) is 0 Å². The third kappa shape index (κ3) is 4.45. The SMILES string of the molecule is CCOC(=O)N1CCC(NC(N)=NCC2(c3cccc(F)c3)CC2)CC1. The van der Waals surface area contributed by atoms with E-state index in [1.165, 1.54) is 6.07 Å². The first-order chi connectivity index (χ1) is 12.5. The number of guanidine groups is 1. The number of ether oxygens (including phenoxy) is 1. The highest BCUT2D eigenvalue weighted by molar-refractivity contribution is 5.78. The number of nitrogens with zero attached hydrogens (tertiary/aromatic N) is 2. The molecule has 0 bridgehead atoms. The van der Waals surface area contributed by atoms with E-state index in [2.05, 4.69) is 10.3 Å². The highest BCUT2D eigenvalue weighted by Gasteiger charge is 2.44. The number of likely N-dealkylation sites (tertiary alicyclic amines) is 1. The molecule has 6 nitrogen and oxygen atoms in total. The molecule has 1 saturated carbocycles. The Hall–Kier alpha value is -2.31. The lowest BCUT2D eigenvalue weighted by atomic mass is 9.96. The van der Waals surface area contributed by atoms with Crippen LogP contribution in [0, 0.1) is 5.82 Å². The molecule has 0 atom stereocenters. The van der Waals surface area contributed by atoms with Gasteiger partial charge in [-0.25, -0.2) is 9.18 Å². The second-order valence-electron chi connectivity index (χ2n) is 7.10. The van der Waals surface area contributed by atoms with Gasteiger partial charge in [-0.15, -0.1) is 0 Å². The second kappa shape index (κ2) is 7.93. The molecule has 26 heavy (non-hydrogen) atoms. The van der Waals surface area contributed by atoms with Crippen LogP contribution in [-0.2, 0) is 10.2 Å². The fourth-order valence-corrected chi connectivity index (χ4v) is 3.42. The van der Waals surface area contributed by atoms with Crippen molar-refractivity contribution in [1.82, 2.24) is 10.2 Å². The van der Waals surface area contributed by atoms with E-state index in [-0.39, 0.29) is 23.4 Å². The van der Waals surface area contributed by atoms with Gasteiger partial charge in [-0.1, -0.05) is 12.1 Å². The topological polar surface area (TPSA) is 80.0 Å². The van der Waals surface area contributed by atoms with Crippen LogP contribution in [-0.4, -0.2) is 49.2 Å². The largest absolute Gasteiger partial charge is 0.450 e. The fraction of sp³-hybridized carbons (Fsp3) is 0.579. The molecule has 3 N–H and O–H groups in total. The van der Waals surface area contributed by atoms with Gasteiger partial charge >= 0.3 is 6.09 Å². The van der Waals surface area contributed by atoms with Crippen molar-refractivity contribution < 1.29 is 13.9 Å². The predicted molar refractivity (Wildman–Crippen MR) is 98.6 cm³/mol. The molecule has 1 heterocycles. The van der Waals surface area contributed by atoms with Gasteiger partial charge in [0.1, 0.15) is 5.82 Å². The van der Waals surface area contributed by atoms with Crippen molar-refractivity contribution in [3.05, 3.63) is 35.6 Å². The van der Waals surface area contributed by atoms with E-state index in [0.29, 0.717) is 32.2 Å². The molecule has 1 amide bonds. The van der Waals surface area contributed by atoms with Gasteiger partial charge < -0.3 is 20.7 Å². The van der Waals surface area contributed by atoms with Crippen molar-refractivity contribution in [3.63, 3.8) is 0 Å². The number of halogens is 1. The minimum Gasteiger partial charge on any atom is -0.450 e. The monoisotopic (exact) mass is 362 g/mol. The van der Waals surface area contributed by atoms with Crippen LogP contribution < -0.4 is 11.1 Å². The van der Waals surface area contributed by atoms with E-state index in [1.54, 1.807) is 24.0 Å². The summed E-state index contributed by atoms with van der Waals surface area (Å²) < 4.78 is 18.5. The van der Waals surface area contributed by atoms with Gasteiger partial charge in [-0.2, -0.15) is 0 Å². The van der Waals surface area contributed by atoms with Crippen molar-refractivity contribution in [3.8, 4) is 0 Å². The van der Waals surface area contributed by atoms with Gasteiger partial charge in [0.05, 0.1) is 13.2 Å². The maximum absolute atomic E-state index is 13.5. The van der Waals surface area contributed by atoms with Gasteiger partial charge in [0.2, 0.25) is 0 Å². The smallest absolute Gasteiger partial charge is 0.409 e. The lowest BCUT2D eigenvalue weighted by molar-refractivity contribution is 0.0963. The maximum Gasteiger partial charge on any atom is 0.409 e. The highest BCUT2D eigenvalue weighted by atomic mass is 19.1. The molecule has 142 valence electrons. The molecule has 2 aliphatic rings. The van der Waals surface area contributed by atoms with Crippen molar-refractivity contribution >= 4 is 12.1 Å². The van der Waals surface area contributed by atoms with Crippen LogP contribution in [0.25, 0.3) is 0 Å². The van der Waals surface area contributed by atoms with Gasteiger partial charge in [0, 0.05) is 24.5 Å². The first-order valence-electron chi connectivity index (χ1n) is 9.26. The van der Waals surface area contributed by atoms with Crippen molar-refractivity contribution in [1.29, 1.82) is 0 Å². The van der Waals surface area contributed by atoms with E-state index < -0.39 is 0 Å². The van der Waals surface area contributed by atoms with Crippen LogP contribution in [0.4, 0.5) is 9.18 Å². The zero-order valence-corrected chi connectivity index (χ0v) is 15.2. The highest BCUT2D eigenvalue weighted by Crippen LogP contribution is 2.48. The molecule has 1 aliphatic heterocycles. The molecule has 1 aliphatic carbocycles. The Labute approximate surface area is 153 Å². The summed E-state index contributed by atoms with van der Waals surface area (Å²) in [6.07, 6.45) is 3.38. The number of rotatable bonds is 5. The molecule has 1 saturated heterocycles. The molecule has 2 fully saturated rings. The quantitative estimate of drug-likeness (QED) is 0.623. The van der Waals surface area contributed by atoms with Crippen molar-refractivity contribution in [2.75, 3.05) is 26.2 Å². The number of benzene rings is 1. The number of aliphatic imine (C=N–C) groups is 1. The van der Waals surface area contributed by atoms with Crippen LogP contribution in [0.5, 0.6) is 0 Å². The van der Waals surface area contributed by atoms with Crippen molar-refractivity contribution in [2.24, 2.45) is 10.7 Å². The molecule has 1 aromatic carbocycles. The average Bonchev–Trinajstić information content (AvgIpc) is 3.42. The summed E-state index contributed by atoms with van der Waals surface area (Å²) in [6, 6.07) is 6.96. The van der Waals surface area contributed by atoms with Gasteiger partial charge in [-0.3, -0.25) is 4.99 Å². The summed E-state index contributed by atoms with van der Waals surface area (Å²) >= 11 is 0. The molecule has 0 spiro atoms. The summed E-state index contributed by atoms with van der Waals surface area (Å²) in [5.41, 5.74) is 6.98. The minimum absolute atomic E-state index is 0.0678. The fourth-order valence-electron chi connectivity index (χ4n) is 3.42. The Kier molecular flexibility index (Phi) is 5.64. The van der Waals surface area contributed by atoms with Crippen LogP contribution >= 0.6 is 0 Å². The zero-order valence-electron chi connectivity index (χ0n) is 15.2. The average molecular weight is 362 g/mol. The Morgan fingerprint density at radius 2 is 2.15 bits per heavy atom. The first-order valence-corrected chi connectivity index (χ1v) is 9.26. The van der Waals surface area contributed by atoms with Crippen molar-refractivity contribution in [2.45, 2.75) is 44.1 Å². The lowest BCUT2D eigenvalue weighted by Gasteiger charge is -2.31. The second-order valence-corrected chi connectivity index (χ2v) is 7.10. The number of hydrogen-bond acceptors (Lipinski definition) is 3. The number of piperidine rings is 1. The summed E-state index contributed by atoms with van der Waals surface area (Å²) in [6.45, 7) is 4.06. The van der Waals surface area contributed by atoms with Crippen LogP contribution in [0.1, 0.15) is 38.2 Å². The number of amides is 1. The van der Waals surface area contributed by atoms with E-state index >= 15 is 0 Å². The van der Waals surface area contributed by atoms with Gasteiger partial charge in [-0.05, 0) is 50.3 Å². The van der Waals surface area contributed by atoms with Crippen LogP contribution in [0.2, 0.25) is 0 Å². The summed E-state index contributed by atoms with van der Waals surface area (Å²) in [7, 11) is 0. The Morgan fingerprint density at radius 3 is 2.77 bits per heavy atom. The standard InChI is InChI=1S/C19H27FN4O2/c1-2-26-18(25)24-10-6-16(7-11-24)23-17(21)22-13-19(8-9-19)14-4-3-5-15(20)12-14/h3-5,12,16H,2,6-11,13H2,1H3,(H3,21,22,23). The van der Waals surface area contributed by atoms with Gasteiger partial charge in [0.15, 0.2) is 5.96 Å². The zero-order chi connectivity index (χ0) is 18.6. The van der Waals surface area contributed by atoms with E-state index in [0.717, 1.165) is 31.2 Å². The molecular weight excluding hydrogens is 335 g/mol. The number of nitrogens with one attached hydrogen (secondary N) is 1. The van der Waals surface area contributed by atoms with Crippen LogP contribution in [0.3, 0.4) is 0 Å². The van der Waals surface area contributed by atoms with Crippen LogP contribution in [0.15, 0.2) is 29.3 Å². The summed E-state index contributed by atoms with van der Waals surface area (Å²) in [5.74, 6) is 0.208. The Balaban J connectivity index is 1.48. The lowest BCUT2D eigenvalue weighted by Crippen LogP contribution is -2.48. The van der Waals surface area contributed by atoms with E-state index in [1.807, 2.05) is 6.07 Å². The predicted octanol–water partition coefficient (Wildman–Crippen LogP) is 2.38. The first kappa shape index (κ1) is 18.5. The molecule has 0 aromatic heterocycles. The Bertz CT molecular complexity index is 667. The summed E-state index contributed by atoms with van der Waals surface area (Å²) in [4.78, 5) is 17.9.